The molecular formula is C9H9ClN4OS. The fraction of sp³-hybridized carbons (Fsp3) is 0.222. The number of aromatic nitrogens is 3. The molecule has 0 N–H and O–H groups in total. The Kier molecular flexibility index (Phi) is 3.21. The second-order valence-electron chi connectivity index (χ2n) is 3.02. The van der Waals surface area contributed by atoms with Gasteiger partial charge in [-0.05, 0) is 23.4 Å². The van der Waals surface area contributed by atoms with Crippen molar-refractivity contribution in [1.82, 2.24) is 14.8 Å². The van der Waals surface area contributed by atoms with Crippen LogP contribution in [0.15, 0.2) is 18.2 Å². The lowest BCUT2D eigenvalue weighted by atomic mass is 10.3. The number of hydrogen-bond acceptors (Lipinski definition) is 6. The van der Waals surface area contributed by atoms with Crippen molar-refractivity contribution < 1.29 is 4.74 Å². The Bertz CT molecular complexity index is 476. The average Bonchev–Trinajstić information content (AvgIpc) is 2.81. The van der Waals surface area contributed by atoms with Crippen LogP contribution >= 0.6 is 23.1 Å². The van der Waals surface area contributed by atoms with Gasteiger partial charge in [-0.3, -0.25) is 0 Å². The lowest BCUT2D eigenvalue weighted by Crippen LogP contribution is -2.10. The monoisotopic (exact) mass is 256 g/mol. The minimum atomic E-state index is 0.639. The van der Waals surface area contributed by atoms with E-state index in [4.69, 9.17) is 16.3 Å². The van der Waals surface area contributed by atoms with E-state index in [0.29, 0.717) is 10.2 Å². The zero-order chi connectivity index (χ0) is 11.5. The maximum Gasteiger partial charge on any atom is 0.232 e. The highest BCUT2D eigenvalue weighted by Crippen LogP contribution is 2.34. The van der Waals surface area contributed by atoms with Gasteiger partial charge in [0.15, 0.2) is 0 Å². The molecule has 0 saturated heterocycles. The molecule has 2 aromatic rings. The molecule has 0 unspecified atom stereocenters. The summed E-state index contributed by atoms with van der Waals surface area (Å²) in [7, 11) is 3.47. The van der Waals surface area contributed by atoms with Gasteiger partial charge in [0.05, 0.1) is 12.8 Å². The highest BCUT2D eigenvalue weighted by molar-refractivity contribution is 7.09. The highest BCUT2D eigenvalue weighted by atomic mass is 35.5. The molecule has 84 valence electrons. The molecule has 1 heterocycles. The number of halogens is 1. The van der Waals surface area contributed by atoms with E-state index in [2.05, 4.69) is 14.8 Å². The Morgan fingerprint density at radius 2 is 2.25 bits per heavy atom. The van der Waals surface area contributed by atoms with Crippen LogP contribution < -0.4 is 9.64 Å². The van der Waals surface area contributed by atoms with E-state index < -0.39 is 0 Å². The summed E-state index contributed by atoms with van der Waals surface area (Å²) < 4.78 is 8.97. The fourth-order valence-electron chi connectivity index (χ4n) is 1.29. The number of nitrogens with zero attached hydrogens (tertiary/aromatic N) is 4. The first-order valence-corrected chi connectivity index (χ1v) is 5.60. The normalized spacial score (nSPS) is 10.2. The van der Waals surface area contributed by atoms with Crippen LogP contribution in [0, 0.1) is 0 Å². The van der Waals surface area contributed by atoms with Crippen LogP contribution in [0.4, 0.5) is 10.8 Å². The minimum absolute atomic E-state index is 0.639. The van der Waals surface area contributed by atoms with Crippen molar-refractivity contribution in [1.29, 1.82) is 0 Å². The number of benzene rings is 1. The quantitative estimate of drug-likeness (QED) is 0.844. The summed E-state index contributed by atoms with van der Waals surface area (Å²) >= 11 is 7.15. The van der Waals surface area contributed by atoms with Crippen molar-refractivity contribution in [2.24, 2.45) is 0 Å². The van der Waals surface area contributed by atoms with Gasteiger partial charge in [0.1, 0.15) is 5.75 Å². The van der Waals surface area contributed by atoms with E-state index in [0.717, 1.165) is 11.4 Å². The van der Waals surface area contributed by atoms with Crippen molar-refractivity contribution in [3.05, 3.63) is 23.2 Å². The number of ether oxygens (including phenoxy) is 1. The van der Waals surface area contributed by atoms with Gasteiger partial charge in [-0.15, -0.1) is 0 Å². The van der Waals surface area contributed by atoms with Crippen LogP contribution in [-0.4, -0.2) is 29.0 Å². The third-order valence-corrected chi connectivity index (χ3v) is 2.99. The molecule has 0 aliphatic rings. The van der Waals surface area contributed by atoms with E-state index in [1.165, 1.54) is 11.5 Å². The molecule has 0 spiro atoms. The first-order valence-electron chi connectivity index (χ1n) is 4.44. The highest BCUT2D eigenvalue weighted by Gasteiger charge is 2.13. The standard InChI is InChI=1S/C9H9ClN4OS/c1-14(9-11-12-13-16-9)7-5-6(10)3-4-8(7)15-2/h3-5H,1-2H3. The molecule has 5 nitrogen and oxygen atoms in total. The summed E-state index contributed by atoms with van der Waals surface area (Å²) in [4.78, 5) is 1.83. The fourth-order valence-corrected chi connectivity index (χ4v) is 1.89. The van der Waals surface area contributed by atoms with Crippen LogP contribution in [0.1, 0.15) is 0 Å². The van der Waals surface area contributed by atoms with Crippen LogP contribution in [0.5, 0.6) is 5.75 Å². The van der Waals surface area contributed by atoms with Gasteiger partial charge < -0.3 is 9.64 Å². The minimum Gasteiger partial charge on any atom is -0.495 e. The average molecular weight is 257 g/mol. The number of rotatable bonds is 3. The van der Waals surface area contributed by atoms with Gasteiger partial charge in [0.2, 0.25) is 5.13 Å². The molecule has 1 aromatic carbocycles. The first kappa shape index (κ1) is 11.1. The molecule has 0 amide bonds. The predicted octanol–water partition coefficient (Wildman–Crippen LogP) is 2.36. The summed E-state index contributed by atoms with van der Waals surface area (Å²) in [5, 5.41) is 8.75. The Hall–Kier alpha value is -1.40. The smallest absolute Gasteiger partial charge is 0.232 e. The van der Waals surface area contributed by atoms with Gasteiger partial charge in [-0.2, -0.15) is 0 Å². The summed E-state index contributed by atoms with van der Waals surface area (Å²) in [5.74, 6) is 0.724. The van der Waals surface area contributed by atoms with E-state index >= 15 is 0 Å². The number of hydrogen-bond donors (Lipinski definition) is 0. The van der Waals surface area contributed by atoms with Crippen LogP contribution in [-0.2, 0) is 0 Å². The second kappa shape index (κ2) is 4.63. The third-order valence-electron chi connectivity index (χ3n) is 2.08. The summed E-state index contributed by atoms with van der Waals surface area (Å²) in [6.45, 7) is 0. The molecule has 2 rings (SSSR count). The van der Waals surface area contributed by atoms with Crippen LogP contribution in [0.2, 0.25) is 5.02 Å². The van der Waals surface area contributed by atoms with Crippen molar-refractivity contribution in [3.63, 3.8) is 0 Å². The van der Waals surface area contributed by atoms with E-state index in [1.54, 1.807) is 13.2 Å². The van der Waals surface area contributed by atoms with Gasteiger partial charge in [-0.25, -0.2) is 0 Å². The predicted molar refractivity (Wildman–Crippen MR) is 63.8 cm³/mol. The van der Waals surface area contributed by atoms with E-state index in [9.17, 15) is 0 Å². The third kappa shape index (κ3) is 2.07. The molecule has 0 aliphatic carbocycles. The van der Waals surface area contributed by atoms with Crippen molar-refractivity contribution in [2.75, 3.05) is 19.1 Å². The zero-order valence-electron chi connectivity index (χ0n) is 8.72. The van der Waals surface area contributed by atoms with E-state index in [1.807, 2.05) is 24.1 Å². The largest absolute Gasteiger partial charge is 0.495 e. The molecule has 0 radical (unpaired) electrons. The Morgan fingerprint density at radius 3 is 2.88 bits per heavy atom. The topological polar surface area (TPSA) is 51.1 Å². The molecule has 0 atom stereocenters. The molecule has 0 aliphatic heterocycles. The lowest BCUT2D eigenvalue weighted by molar-refractivity contribution is 0.415. The molecular weight excluding hydrogens is 248 g/mol. The van der Waals surface area contributed by atoms with Crippen molar-refractivity contribution >= 4 is 34.0 Å². The van der Waals surface area contributed by atoms with Crippen LogP contribution in [0.3, 0.4) is 0 Å². The zero-order valence-corrected chi connectivity index (χ0v) is 10.3. The Morgan fingerprint density at radius 1 is 1.44 bits per heavy atom. The molecule has 0 bridgehead atoms. The molecule has 0 saturated carbocycles. The maximum absolute atomic E-state index is 5.95. The van der Waals surface area contributed by atoms with Crippen molar-refractivity contribution in [3.8, 4) is 5.75 Å². The molecule has 7 heteroatoms. The second-order valence-corrected chi connectivity index (χ2v) is 4.17. The van der Waals surface area contributed by atoms with Gasteiger partial charge in [0, 0.05) is 23.6 Å². The first-order chi connectivity index (χ1) is 7.72. The van der Waals surface area contributed by atoms with Crippen molar-refractivity contribution in [2.45, 2.75) is 0 Å². The van der Waals surface area contributed by atoms with Crippen LogP contribution in [0.25, 0.3) is 0 Å². The van der Waals surface area contributed by atoms with E-state index in [-0.39, 0.29) is 0 Å². The summed E-state index contributed by atoms with van der Waals surface area (Å²) in [6.07, 6.45) is 0. The van der Waals surface area contributed by atoms with Gasteiger partial charge >= 0.3 is 0 Å². The summed E-state index contributed by atoms with van der Waals surface area (Å²) in [5.41, 5.74) is 0.827. The molecule has 16 heavy (non-hydrogen) atoms. The van der Waals surface area contributed by atoms with Gasteiger partial charge in [0.25, 0.3) is 0 Å². The maximum atomic E-state index is 5.95. The Labute approximate surface area is 102 Å². The lowest BCUT2D eigenvalue weighted by Gasteiger charge is -2.18. The summed E-state index contributed by atoms with van der Waals surface area (Å²) in [6, 6.07) is 5.39. The van der Waals surface area contributed by atoms with Gasteiger partial charge in [-0.1, -0.05) is 21.2 Å². The molecule has 1 aromatic heterocycles. The number of methoxy groups -OCH3 is 1. The SMILES string of the molecule is COc1ccc(Cl)cc1N(C)c1nnns1. The Balaban J connectivity index is 2.42. The molecule has 0 fully saturated rings. The number of anilines is 2.